The Hall–Kier alpha value is -2.45. The van der Waals surface area contributed by atoms with Crippen LogP contribution in [0.25, 0.3) is 0 Å². The number of benzene rings is 2. The van der Waals surface area contributed by atoms with Crippen molar-refractivity contribution in [2.45, 2.75) is 6.54 Å². The van der Waals surface area contributed by atoms with Crippen LogP contribution in [0.3, 0.4) is 0 Å². The van der Waals surface area contributed by atoms with Gasteiger partial charge < -0.3 is 4.74 Å². The maximum Gasteiger partial charge on any atom is 0.165 e. The fraction of sp³-hybridized carbons (Fsp3) is 0.235. The number of likely N-dealkylation sites (N-methyl/N-ethyl adjacent to an activating group) is 1. The lowest BCUT2D eigenvalue weighted by molar-refractivity contribution is 0.225. The molecule has 0 spiro atoms. The molecule has 2 aromatic rings. The third-order valence-electron chi connectivity index (χ3n) is 3.18. The number of hydrogen-bond donors (Lipinski definition) is 0. The Balaban J connectivity index is 1.87. The summed E-state index contributed by atoms with van der Waals surface area (Å²) in [6, 6.07) is 12.4. The molecule has 0 heterocycles. The lowest BCUT2D eigenvalue weighted by Gasteiger charge is -2.17. The van der Waals surface area contributed by atoms with Gasteiger partial charge in [0.25, 0.3) is 0 Å². The second kappa shape index (κ2) is 7.53. The lowest BCUT2D eigenvalue weighted by Crippen LogP contribution is -2.24. The van der Waals surface area contributed by atoms with E-state index in [4.69, 9.17) is 10.00 Å². The smallest absolute Gasteiger partial charge is 0.165 e. The summed E-state index contributed by atoms with van der Waals surface area (Å²) in [6.07, 6.45) is 0. The summed E-state index contributed by atoms with van der Waals surface area (Å²) in [4.78, 5) is 1.85. The van der Waals surface area contributed by atoms with Crippen molar-refractivity contribution < 1.29 is 13.5 Å². The van der Waals surface area contributed by atoms with Gasteiger partial charge in [0.1, 0.15) is 12.4 Å². The van der Waals surface area contributed by atoms with Crippen LogP contribution in [0.15, 0.2) is 42.5 Å². The topological polar surface area (TPSA) is 36.3 Å². The maximum absolute atomic E-state index is 13.7. The van der Waals surface area contributed by atoms with Crippen LogP contribution in [0, 0.1) is 23.0 Å². The molecule has 0 saturated carbocycles. The molecule has 0 radical (unpaired) electrons. The molecule has 0 aliphatic carbocycles. The van der Waals surface area contributed by atoms with Crippen molar-refractivity contribution in [1.29, 1.82) is 5.26 Å². The van der Waals surface area contributed by atoms with Gasteiger partial charge >= 0.3 is 0 Å². The number of ether oxygens (including phenoxy) is 1. The Labute approximate surface area is 128 Å². The van der Waals surface area contributed by atoms with E-state index in [0.29, 0.717) is 24.2 Å². The Morgan fingerprint density at radius 2 is 1.91 bits per heavy atom. The van der Waals surface area contributed by atoms with Crippen molar-refractivity contribution in [1.82, 2.24) is 4.90 Å². The van der Waals surface area contributed by atoms with E-state index in [9.17, 15) is 8.78 Å². The van der Waals surface area contributed by atoms with Crippen LogP contribution in [-0.4, -0.2) is 25.1 Å². The van der Waals surface area contributed by atoms with Gasteiger partial charge in [0.15, 0.2) is 11.6 Å². The van der Waals surface area contributed by atoms with Crippen molar-refractivity contribution in [3.8, 4) is 11.8 Å². The number of hydrogen-bond acceptors (Lipinski definition) is 3. The minimum atomic E-state index is -0.405. The van der Waals surface area contributed by atoms with Crippen molar-refractivity contribution in [2.24, 2.45) is 0 Å². The summed E-state index contributed by atoms with van der Waals surface area (Å²) in [5.41, 5.74) is 0.875. The molecule has 0 N–H and O–H groups in total. The Bertz CT molecular complexity index is 683. The highest BCUT2D eigenvalue weighted by Gasteiger charge is 2.08. The van der Waals surface area contributed by atoms with E-state index < -0.39 is 5.82 Å². The average molecular weight is 302 g/mol. The largest absolute Gasteiger partial charge is 0.489 e. The second-order valence-electron chi connectivity index (χ2n) is 4.93. The minimum absolute atomic E-state index is 0.202. The van der Waals surface area contributed by atoms with Crippen LogP contribution in [0.1, 0.15) is 11.1 Å². The van der Waals surface area contributed by atoms with Gasteiger partial charge in [0.2, 0.25) is 0 Å². The van der Waals surface area contributed by atoms with Gasteiger partial charge in [-0.2, -0.15) is 5.26 Å². The van der Waals surface area contributed by atoms with Crippen molar-refractivity contribution in [2.75, 3.05) is 20.2 Å². The zero-order valence-corrected chi connectivity index (χ0v) is 12.2. The van der Waals surface area contributed by atoms with Crippen LogP contribution in [0.2, 0.25) is 0 Å². The third kappa shape index (κ3) is 4.27. The molecule has 2 rings (SSSR count). The third-order valence-corrected chi connectivity index (χ3v) is 3.18. The molecule has 0 amide bonds. The summed E-state index contributed by atoms with van der Waals surface area (Å²) in [7, 11) is 1.81. The molecule has 0 fully saturated rings. The van der Waals surface area contributed by atoms with Gasteiger partial charge in [-0.25, -0.2) is 8.78 Å². The first-order valence-electron chi connectivity index (χ1n) is 6.84. The highest BCUT2D eigenvalue weighted by atomic mass is 19.1. The Morgan fingerprint density at radius 1 is 1.14 bits per heavy atom. The van der Waals surface area contributed by atoms with Gasteiger partial charge in [0.05, 0.1) is 11.6 Å². The van der Waals surface area contributed by atoms with Crippen LogP contribution in [0.5, 0.6) is 5.75 Å². The van der Waals surface area contributed by atoms with E-state index >= 15 is 0 Å². The van der Waals surface area contributed by atoms with Crippen LogP contribution < -0.4 is 4.74 Å². The Kier molecular flexibility index (Phi) is 5.45. The van der Waals surface area contributed by atoms with Gasteiger partial charge in [-0.05, 0) is 37.4 Å². The number of halogens is 2. The first-order chi connectivity index (χ1) is 10.6. The fourth-order valence-corrected chi connectivity index (χ4v) is 2.01. The number of nitrogens with zero attached hydrogens (tertiary/aromatic N) is 2. The van der Waals surface area contributed by atoms with E-state index in [2.05, 4.69) is 0 Å². The molecule has 22 heavy (non-hydrogen) atoms. The first kappa shape index (κ1) is 15.9. The van der Waals surface area contributed by atoms with Gasteiger partial charge in [0, 0.05) is 18.7 Å². The lowest BCUT2D eigenvalue weighted by atomic mass is 10.1. The normalized spacial score (nSPS) is 10.5. The number of rotatable bonds is 6. The SMILES string of the molecule is CN(CCOc1ccccc1F)Cc1cc(C#N)ccc1F. The quantitative estimate of drug-likeness (QED) is 0.821. The van der Waals surface area contributed by atoms with E-state index in [1.807, 2.05) is 18.0 Å². The molecule has 114 valence electrons. The van der Waals surface area contributed by atoms with E-state index in [0.717, 1.165) is 0 Å². The molecule has 0 aromatic heterocycles. The minimum Gasteiger partial charge on any atom is -0.489 e. The maximum atomic E-state index is 13.7. The predicted molar refractivity (Wildman–Crippen MR) is 79.3 cm³/mol. The van der Waals surface area contributed by atoms with E-state index in [1.165, 1.54) is 24.3 Å². The molecular weight excluding hydrogens is 286 g/mol. The molecule has 5 heteroatoms. The summed E-state index contributed by atoms with van der Waals surface area (Å²) in [5.74, 6) is -0.549. The van der Waals surface area contributed by atoms with E-state index in [1.54, 1.807) is 18.2 Å². The summed E-state index contributed by atoms with van der Waals surface area (Å²) >= 11 is 0. The highest BCUT2D eigenvalue weighted by Crippen LogP contribution is 2.15. The molecule has 0 atom stereocenters. The standard InChI is InChI=1S/C17H16F2N2O/c1-21(8-9-22-17-5-3-2-4-16(17)19)12-14-10-13(11-20)6-7-15(14)18/h2-7,10H,8-9,12H2,1H3. The summed E-state index contributed by atoms with van der Waals surface area (Å²) < 4.78 is 32.4. The summed E-state index contributed by atoms with van der Waals surface area (Å²) in [6.45, 7) is 1.14. The highest BCUT2D eigenvalue weighted by molar-refractivity contribution is 5.33. The van der Waals surface area contributed by atoms with Crippen molar-refractivity contribution >= 4 is 0 Å². The van der Waals surface area contributed by atoms with Crippen LogP contribution in [-0.2, 0) is 6.54 Å². The van der Waals surface area contributed by atoms with Gasteiger partial charge in [-0.15, -0.1) is 0 Å². The average Bonchev–Trinajstić information content (AvgIpc) is 2.51. The molecule has 0 saturated heterocycles. The molecular formula is C17H16F2N2O. The number of nitriles is 1. The monoisotopic (exact) mass is 302 g/mol. The predicted octanol–water partition coefficient (Wildman–Crippen LogP) is 3.35. The van der Waals surface area contributed by atoms with Gasteiger partial charge in [-0.3, -0.25) is 4.90 Å². The summed E-state index contributed by atoms with van der Waals surface area (Å²) in [5, 5.41) is 8.84. The number of para-hydroxylation sites is 1. The first-order valence-corrected chi connectivity index (χ1v) is 6.84. The second-order valence-corrected chi connectivity index (χ2v) is 4.93. The molecule has 3 nitrogen and oxygen atoms in total. The molecule has 0 unspecified atom stereocenters. The fourth-order valence-electron chi connectivity index (χ4n) is 2.01. The molecule has 0 aliphatic heterocycles. The zero-order chi connectivity index (χ0) is 15.9. The molecule has 2 aromatic carbocycles. The molecule has 0 aliphatic rings. The van der Waals surface area contributed by atoms with Crippen LogP contribution in [0.4, 0.5) is 8.78 Å². The molecule has 0 bridgehead atoms. The van der Waals surface area contributed by atoms with Crippen molar-refractivity contribution in [3.05, 3.63) is 65.2 Å². The Morgan fingerprint density at radius 3 is 2.64 bits per heavy atom. The van der Waals surface area contributed by atoms with Crippen LogP contribution >= 0.6 is 0 Å². The van der Waals surface area contributed by atoms with Gasteiger partial charge in [-0.1, -0.05) is 12.1 Å². The van der Waals surface area contributed by atoms with E-state index in [-0.39, 0.29) is 18.2 Å². The van der Waals surface area contributed by atoms with Crippen molar-refractivity contribution in [3.63, 3.8) is 0 Å². The zero-order valence-electron chi connectivity index (χ0n) is 12.2.